The van der Waals surface area contributed by atoms with Gasteiger partial charge >= 0.3 is 0 Å². The van der Waals surface area contributed by atoms with Gasteiger partial charge in [-0.25, -0.2) is 4.68 Å². The Kier molecular flexibility index (Phi) is 4.94. The number of rotatable bonds is 4. The first-order valence-corrected chi connectivity index (χ1v) is 9.49. The molecular formula is C20H25N5O2. The summed E-state index contributed by atoms with van der Waals surface area (Å²) in [6, 6.07) is 7.79. The Morgan fingerprint density at radius 3 is 2.67 bits per heavy atom. The Labute approximate surface area is 159 Å². The molecule has 1 fully saturated rings. The first kappa shape index (κ1) is 17.7. The lowest BCUT2D eigenvalue weighted by Crippen LogP contribution is -2.37. The second-order valence-electron chi connectivity index (χ2n) is 6.90. The van der Waals surface area contributed by atoms with Crippen LogP contribution in [0.5, 0.6) is 0 Å². The van der Waals surface area contributed by atoms with Crippen molar-refractivity contribution in [3.63, 3.8) is 0 Å². The Hall–Kier alpha value is -2.67. The predicted octanol–water partition coefficient (Wildman–Crippen LogP) is 2.11. The lowest BCUT2D eigenvalue weighted by atomic mass is 10.1. The normalized spacial score (nSPS) is 19.7. The van der Waals surface area contributed by atoms with Crippen LogP contribution in [-0.2, 0) is 11.8 Å². The van der Waals surface area contributed by atoms with E-state index in [0.717, 1.165) is 31.0 Å². The van der Waals surface area contributed by atoms with Gasteiger partial charge in [0.05, 0.1) is 19.3 Å². The molecule has 0 unspecified atom stereocenters. The number of amides is 1. The zero-order chi connectivity index (χ0) is 18.8. The molecule has 1 atom stereocenters. The largest absolute Gasteiger partial charge is 0.378 e. The fraction of sp³-hybridized carbons (Fsp3) is 0.450. The van der Waals surface area contributed by atoms with Crippen LogP contribution in [0.2, 0.25) is 0 Å². The molecule has 2 aromatic rings. The minimum absolute atomic E-state index is 0.0707. The SMILES string of the molecule is CC[C@H]1C=CCN1C(=O)c1ccc(-c2nc(N3CCOCC3)n(C)n2)cc1. The average Bonchev–Trinajstić information content (AvgIpc) is 3.34. The number of morpholine rings is 1. The Morgan fingerprint density at radius 1 is 1.22 bits per heavy atom. The molecule has 0 N–H and O–H groups in total. The molecule has 27 heavy (non-hydrogen) atoms. The summed E-state index contributed by atoms with van der Waals surface area (Å²) in [6.45, 7) is 5.85. The van der Waals surface area contributed by atoms with Crippen LogP contribution in [0.3, 0.4) is 0 Å². The van der Waals surface area contributed by atoms with Crippen molar-refractivity contribution in [1.29, 1.82) is 0 Å². The molecule has 2 aliphatic rings. The molecule has 0 aliphatic carbocycles. The molecule has 1 amide bonds. The second kappa shape index (κ2) is 7.52. The predicted molar refractivity (Wildman–Crippen MR) is 104 cm³/mol. The number of hydrogen-bond acceptors (Lipinski definition) is 5. The number of carbonyl (C=O) groups is 1. The van der Waals surface area contributed by atoms with Crippen LogP contribution in [0.25, 0.3) is 11.4 Å². The van der Waals surface area contributed by atoms with Gasteiger partial charge in [0.15, 0.2) is 5.82 Å². The van der Waals surface area contributed by atoms with Crippen LogP contribution >= 0.6 is 0 Å². The topological polar surface area (TPSA) is 63.5 Å². The molecule has 7 heteroatoms. The molecule has 1 saturated heterocycles. The number of aromatic nitrogens is 3. The van der Waals surface area contributed by atoms with Gasteiger partial charge in [-0.1, -0.05) is 31.2 Å². The molecule has 2 aliphatic heterocycles. The highest BCUT2D eigenvalue weighted by molar-refractivity contribution is 5.95. The van der Waals surface area contributed by atoms with Gasteiger partial charge in [0.2, 0.25) is 5.95 Å². The minimum Gasteiger partial charge on any atom is -0.378 e. The van der Waals surface area contributed by atoms with Crippen molar-refractivity contribution in [2.75, 3.05) is 37.7 Å². The summed E-state index contributed by atoms with van der Waals surface area (Å²) in [5, 5.41) is 4.55. The average molecular weight is 367 g/mol. The molecule has 7 nitrogen and oxygen atoms in total. The van der Waals surface area contributed by atoms with E-state index in [1.54, 1.807) is 0 Å². The highest BCUT2D eigenvalue weighted by Gasteiger charge is 2.24. The number of benzene rings is 1. The van der Waals surface area contributed by atoms with Crippen molar-refractivity contribution in [1.82, 2.24) is 19.7 Å². The van der Waals surface area contributed by atoms with Crippen molar-refractivity contribution in [3.8, 4) is 11.4 Å². The molecule has 0 radical (unpaired) electrons. The molecule has 0 bridgehead atoms. The van der Waals surface area contributed by atoms with E-state index in [1.807, 2.05) is 40.9 Å². The van der Waals surface area contributed by atoms with Crippen molar-refractivity contribution in [2.24, 2.45) is 7.05 Å². The Morgan fingerprint density at radius 2 is 1.96 bits per heavy atom. The molecule has 4 rings (SSSR count). The van der Waals surface area contributed by atoms with Gasteiger partial charge in [-0.15, -0.1) is 5.10 Å². The highest BCUT2D eigenvalue weighted by Crippen LogP contribution is 2.22. The maximum absolute atomic E-state index is 12.8. The summed E-state index contributed by atoms with van der Waals surface area (Å²) in [5.74, 6) is 1.59. The van der Waals surface area contributed by atoms with Gasteiger partial charge in [-0.05, 0) is 18.6 Å². The summed E-state index contributed by atoms with van der Waals surface area (Å²) in [6.07, 6.45) is 5.10. The van der Waals surface area contributed by atoms with E-state index in [4.69, 9.17) is 9.72 Å². The van der Waals surface area contributed by atoms with Crippen molar-refractivity contribution in [2.45, 2.75) is 19.4 Å². The maximum atomic E-state index is 12.8. The number of ether oxygens (including phenoxy) is 1. The number of hydrogen-bond donors (Lipinski definition) is 0. The molecule has 0 spiro atoms. The van der Waals surface area contributed by atoms with E-state index in [1.165, 1.54) is 0 Å². The summed E-state index contributed by atoms with van der Waals surface area (Å²) >= 11 is 0. The van der Waals surface area contributed by atoms with Crippen LogP contribution in [0.15, 0.2) is 36.4 Å². The Bertz CT molecular complexity index is 837. The fourth-order valence-electron chi connectivity index (χ4n) is 3.63. The van der Waals surface area contributed by atoms with Gasteiger partial charge in [0.1, 0.15) is 0 Å². The maximum Gasteiger partial charge on any atom is 0.254 e. The summed E-state index contributed by atoms with van der Waals surface area (Å²) in [4.78, 5) is 21.5. The van der Waals surface area contributed by atoms with Crippen LogP contribution in [0.4, 0.5) is 5.95 Å². The van der Waals surface area contributed by atoms with E-state index in [0.29, 0.717) is 31.1 Å². The van der Waals surface area contributed by atoms with E-state index >= 15 is 0 Å². The van der Waals surface area contributed by atoms with Crippen molar-refractivity contribution < 1.29 is 9.53 Å². The molecule has 0 saturated carbocycles. The fourth-order valence-corrected chi connectivity index (χ4v) is 3.63. The quantitative estimate of drug-likeness (QED) is 0.775. The molecule has 142 valence electrons. The first-order valence-electron chi connectivity index (χ1n) is 9.49. The molecule has 3 heterocycles. The van der Waals surface area contributed by atoms with Crippen molar-refractivity contribution >= 4 is 11.9 Å². The van der Waals surface area contributed by atoms with E-state index in [2.05, 4.69) is 29.1 Å². The first-order chi connectivity index (χ1) is 13.2. The summed E-state index contributed by atoms with van der Waals surface area (Å²) in [7, 11) is 1.91. The third-order valence-electron chi connectivity index (χ3n) is 5.16. The van der Waals surface area contributed by atoms with Gasteiger partial charge in [0.25, 0.3) is 5.91 Å². The standard InChI is InChI=1S/C20H25N5O2/c1-3-17-5-4-10-25(17)19(26)16-8-6-15(7-9-16)18-21-20(23(2)22-18)24-11-13-27-14-12-24/h4-9,17H,3,10-14H2,1-2H3/t17-/m0/s1. The summed E-state index contributed by atoms with van der Waals surface area (Å²) in [5.41, 5.74) is 1.61. The highest BCUT2D eigenvalue weighted by atomic mass is 16.5. The third-order valence-corrected chi connectivity index (χ3v) is 5.16. The van der Waals surface area contributed by atoms with Gasteiger partial charge in [-0.2, -0.15) is 4.98 Å². The molecular weight excluding hydrogens is 342 g/mol. The van der Waals surface area contributed by atoms with E-state index in [-0.39, 0.29) is 11.9 Å². The number of aryl methyl sites for hydroxylation is 1. The van der Waals surface area contributed by atoms with Crippen molar-refractivity contribution in [3.05, 3.63) is 42.0 Å². The van der Waals surface area contributed by atoms with Gasteiger partial charge in [0, 0.05) is 37.8 Å². The zero-order valence-corrected chi connectivity index (χ0v) is 15.8. The lowest BCUT2D eigenvalue weighted by molar-refractivity contribution is 0.0747. The number of carbonyl (C=O) groups excluding carboxylic acids is 1. The zero-order valence-electron chi connectivity index (χ0n) is 15.8. The lowest BCUT2D eigenvalue weighted by Gasteiger charge is -2.26. The number of nitrogens with zero attached hydrogens (tertiary/aromatic N) is 5. The van der Waals surface area contributed by atoms with Crippen LogP contribution in [0.1, 0.15) is 23.7 Å². The smallest absolute Gasteiger partial charge is 0.254 e. The Balaban J connectivity index is 1.52. The van der Waals surface area contributed by atoms with Gasteiger partial charge in [-0.3, -0.25) is 4.79 Å². The molecule has 1 aromatic carbocycles. The third kappa shape index (κ3) is 3.47. The van der Waals surface area contributed by atoms with E-state index in [9.17, 15) is 4.79 Å². The monoisotopic (exact) mass is 367 g/mol. The minimum atomic E-state index is 0.0707. The van der Waals surface area contributed by atoms with E-state index < -0.39 is 0 Å². The van der Waals surface area contributed by atoms with Crippen LogP contribution in [0, 0.1) is 0 Å². The van der Waals surface area contributed by atoms with Crippen LogP contribution < -0.4 is 4.90 Å². The summed E-state index contributed by atoms with van der Waals surface area (Å²) < 4.78 is 7.21. The molecule has 1 aromatic heterocycles. The van der Waals surface area contributed by atoms with Crippen LogP contribution in [-0.4, -0.2) is 64.5 Å². The van der Waals surface area contributed by atoms with Gasteiger partial charge < -0.3 is 14.5 Å². The number of anilines is 1. The second-order valence-corrected chi connectivity index (χ2v) is 6.90.